The number of hydrogen-bond donors (Lipinski definition) is 2. The number of nitrogens with one attached hydrogen (secondary N) is 1. The molecular weight excluding hydrogens is 276 g/mol. The minimum absolute atomic E-state index is 0.0777. The van der Waals surface area contributed by atoms with Crippen molar-refractivity contribution >= 4 is 23.2 Å². The summed E-state index contributed by atoms with van der Waals surface area (Å²) < 4.78 is 0. The summed E-state index contributed by atoms with van der Waals surface area (Å²) in [5, 5.41) is 13.0. The van der Waals surface area contributed by atoms with Gasteiger partial charge in [-0.25, -0.2) is 4.98 Å². The SMILES string of the molecule is CCc1cnc(CNC(=O)CC2(C(=O)O)CCCC2)s1. The maximum absolute atomic E-state index is 12.0. The van der Waals surface area contributed by atoms with E-state index in [2.05, 4.69) is 17.2 Å². The van der Waals surface area contributed by atoms with E-state index in [0.717, 1.165) is 24.3 Å². The number of aliphatic carboxylic acids is 1. The quantitative estimate of drug-likeness (QED) is 0.844. The number of aromatic nitrogens is 1. The molecule has 1 amide bonds. The lowest BCUT2D eigenvalue weighted by molar-refractivity contribution is -0.151. The Bertz CT molecular complexity index is 492. The molecule has 0 radical (unpaired) electrons. The highest BCUT2D eigenvalue weighted by Gasteiger charge is 2.42. The van der Waals surface area contributed by atoms with Crippen LogP contribution in [0.3, 0.4) is 0 Å². The van der Waals surface area contributed by atoms with Crippen molar-refractivity contribution in [2.45, 2.75) is 52.0 Å². The molecule has 1 heterocycles. The zero-order valence-electron chi connectivity index (χ0n) is 11.6. The maximum Gasteiger partial charge on any atom is 0.310 e. The average Bonchev–Trinajstić information content (AvgIpc) is 3.05. The molecule has 0 aliphatic heterocycles. The van der Waals surface area contributed by atoms with Crippen LogP contribution in [-0.4, -0.2) is 22.0 Å². The van der Waals surface area contributed by atoms with Gasteiger partial charge in [0.05, 0.1) is 12.0 Å². The Hall–Kier alpha value is -1.43. The van der Waals surface area contributed by atoms with Crippen molar-refractivity contribution in [1.82, 2.24) is 10.3 Å². The van der Waals surface area contributed by atoms with Crippen molar-refractivity contribution in [2.24, 2.45) is 5.41 Å². The predicted octanol–water partition coefficient (Wildman–Crippen LogP) is 2.36. The highest BCUT2D eigenvalue weighted by atomic mass is 32.1. The summed E-state index contributed by atoms with van der Waals surface area (Å²) in [6.07, 6.45) is 5.84. The number of carbonyl (C=O) groups excluding carboxylic acids is 1. The average molecular weight is 296 g/mol. The molecule has 0 spiro atoms. The van der Waals surface area contributed by atoms with Crippen molar-refractivity contribution in [3.63, 3.8) is 0 Å². The molecule has 2 rings (SSSR count). The van der Waals surface area contributed by atoms with E-state index in [0.29, 0.717) is 19.4 Å². The summed E-state index contributed by atoms with van der Waals surface area (Å²) in [6, 6.07) is 0. The first-order valence-corrected chi connectivity index (χ1v) is 7.81. The molecule has 0 saturated heterocycles. The normalized spacial score (nSPS) is 17.1. The minimum atomic E-state index is -0.846. The number of thiazole rings is 1. The lowest BCUT2D eigenvalue weighted by Crippen LogP contribution is -2.35. The monoisotopic (exact) mass is 296 g/mol. The van der Waals surface area contributed by atoms with Gasteiger partial charge in [-0.1, -0.05) is 19.8 Å². The van der Waals surface area contributed by atoms with Crippen LogP contribution in [0.2, 0.25) is 0 Å². The summed E-state index contributed by atoms with van der Waals surface area (Å²) in [7, 11) is 0. The van der Waals surface area contributed by atoms with Crippen molar-refractivity contribution < 1.29 is 14.7 Å². The molecule has 1 fully saturated rings. The van der Waals surface area contributed by atoms with E-state index < -0.39 is 11.4 Å². The van der Waals surface area contributed by atoms with Gasteiger partial charge in [-0.3, -0.25) is 9.59 Å². The summed E-state index contributed by atoms with van der Waals surface area (Å²) in [5.41, 5.74) is -0.846. The van der Waals surface area contributed by atoms with Gasteiger partial charge in [-0.15, -0.1) is 11.3 Å². The Labute approximate surface area is 122 Å². The largest absolute Gasteiger partial charge is 0.481 e. The van der Waals surface area contributed by atoms with Crippen LogP contribution in [-0.2, 0) is 22.6 Å². The highest BCUT2D eigenvalue weighted by molar-refractivity contribution is 7.11. The van der Waals surface area contributed by atoms with Gasteiger partial charge < -0.3 is 10.4 Å². The predicted molar refractivity (Wildman–Crippen MR) is 76.5 cm³/mol. The van der Waals surface area contributed by atoms with Crippen LogP contribution in [0, 0.1) is 5.41 Å². The Balaban J connectivity index is 1.87. The van der Waals surface area contributed by atoms with Crippen LogP contribution < -0.4 is 5.32 Å². The maximum atomic E-state index is 12.0. The number of carboxylic acids is 1. The second-order valence-electron chi connectivity index (χ2n) is 5.32. The van der Waals surface area contributed by atoms with Crippen molar-refractivity contribution in [3.05, 3.63) is 16.1 Å². The zero-order chi connectivity index (χ0) is 14.6. The molecule has 2 N–H and O–H groups in total. The first-order chi connectivity index (χ1) is 9.55. The van der Waals surface area contributed by atoms with E-state index in [1.807, 2.05) is 6.20 Å². The molecule has 20 heavy (non-hydrogen) atoms. The van der Waals surface area contributed by atoms with E-state index in [1.54, 1.807) is 11.3 Å². The van der Waals surface area contributed by atoms with Crippen LogP contribution in [0.25, 0.3) is 0 Å². The standard InChI is InChI=1S/C14H20N2O3S/c1-2-10-8-16-12(20-10)9-15-11(17)7-14(13(18)19)5-3-4-6-14/h8H,2-7,9H2,1H3,(H,15,17)(H,18,19). The molecule has 110 valence electrons. The van der Waals surface area contributed by atoms with Gasteiger partial charge in [0.15, 0.2) is 0 Å². The van der Waals surface area contributed by atoms with Crippen LogP contribution in [0.15, 0.2) is 6.20 Å². The van der Waals surface area contributed by atoms with Crippen molar-refractivity contribution in [3.8, 4) is 0 Å². The molecule has 0 bridgehead atoms. The van der Waals surface area contributed by atoms with E-state index in [9.17, 15) is 14.7 Å². The number of aryl methyl sites for hydroxylation is 1. The van der Waals surface area contributed by atoms with Crippen LogP contribution in [0.4, 0.5) is 0 Å². The number of hydrogen-bond acceptors (Lipinski definition) is 4. The third kappa shape index (κ3) is 3.36. The van der Waals surface area contributed by atoms with Crippen LogP contribution in [0.5, 0.6) is 0 Å². The molecule has 1 aliphatic carbocycles. The number of carboxylic acid groups (broad SMARTS) is 1. The lowest BCUT2D eigenvalue weighted by Gasteiger charge is -2.22. The molecule has 5 nitrogen and oxygen atoms in total. The molecule has 1 aliphatic rings. The van der Waals surface area contributed by atoms with Gasteiger partial charge >= 0.3 is 5.97 Å². The first kappa shape index (κ1) is 15.0. The highest BCUT2D eigenvalue weighted by Crippen LogP contribution is 2.41. The van der Waals surface area contributed by atoms with E-state index in [1.165, 1.54) is 4.88 Å². The summed E-state index contributed by atoms with van der Waals surface area (Å²) in [5.74, 6) is -1.03. The van der Waals surface area contributed by atoms with E-state index in [4.69, 9.17) is 0 Å². The van der Waals surface area contributed by atoms with Gasteiger partial charge in [-0.2, -0.15) is 0 Å². The van der Waals surface area contributed by atoms with Crippen LogP contribution in [0.1, 0.15) is 48.9 Å². The van der Waals surface area contributed by atoms with Crippen molar-refractivity contribution in [1.29, 1.82) is 0 Å². The number of nitrogens with zero attached hydrogens (tertiary/aromatic N) is 1. The Kier molecular flexibility index (Phi) is 4.75. The minimum Gasteiger partial charge on any atom is -0.481 e. The number of carbonyl (C=O) groups is 2. The van der Waals surface area contributed by atoms with Gasteiger partial charge in [0, 0.05) is 17.5 Å². The lowest BCUT2D eigenvalue weighted by atomic mass is 9.82. The topological polar surface area (TPSA) is 79.3 Å². The molecule has 0 unspecified atom stereocenters. The fourth-order valence-corrected chi connectivity index (χ4v) is 3.46. The number of rotatable bonds is 6. The van der Waals surface area contributed by atoms with Gasteiger partial charge in [0.25, 0.3) is 0 Å². The van der Waals surface area contributed by atoms with E-state index >= 15 is 0 Å². The molecule has 1 aromatic heterocycles. The Morgan fingerprint density at radius 2 is 2.15 bits per heavy atom. The van der Waals surface area contributed by atoms with Gasteiger partial charge in [-0.05, 0) is 19.3 Å². The summed E-state index contributed by atoms with van der Waals surface area (Å²) in [4.78, 5) is 28.8. The summed E-state index contributed by atoms with van der Waals surface area (Å²) in [6.45, 7) is 2.45. The van der Waals surface area contributed by atoms with Gasteiger partial charge in [0.1, 0.15) is 5.01 Å². The van der Waals surface area contributed by atoms with E-state index in [-0.39, 0.29) is 12.3 Å². The van der Waals surface area contributed by atoms with Gasteiger partial charge in [0.2, 0.25) is 5.91 Å². The first-order valence-electron chi connectivity index (χ1n) is 6.99. The molecule has 1 saturated carbocycles. The molecular formula is C14H20N2O3S. The molecule has 0 atom stereocenters. The zero-order valence-corrected chi connectivity index (χ0v) is 12.5. The third-order valence-corrected chi connectivity index (χ3v) is 5.04. The fourth-order valence-electron chi connectivity index (χ4n) is 2.66. The fraction of sp³-hybridized carbons (Fsp3) is 0.643. The van der Waals surface area contributed by atoms with Crippen LogP contribution >= 0.6 is 11.3 Å². The Morgan fingerprint density at radius 3 is 2.70 bits per heavy atom. The second kappa shape index (κ2) is 6.35. The Morgan fingerprint density at radius 1 is 1.45 bits per heavy atom. The van der Waals surface area contributed by atoms with Crippen molar-refractivity contribution in [2.75, 3.05) is 0 Å². The smallest absolute Gasteiger partial charge is 0.310 e. The molecule has 0 aromatic carbocycles. The number of amides is 1. The third-order valence-electron chi connectivity index (χ3n) is 3.90. The summed E-state index contributed by atoms with van der Waals surface area (Å²) >= 11 is 1.58. The molecule has 6 heteroatoms. The molecule has 1 aromatic rings. The second-order valence-corrected chi connectivity index (χ2v) is 6.52.